The van der Waals surface area contributed by atoms with E-state index in [2.05, 4.69) is 4.98 Å². The minimum absolute atomic E-state index is 0.191. The second-order valence-electron chi connectivity index (χ2n) is 3.92. The summed E-state index contributed by atoms with van der Waals surface area (Å²) in [5.41, 5.74) is 8.10. The van der Waals surface area contributed by atoms with E-state index in [9.17, 15) is 4.79 Å². The van der Waals surface area contributed by atoms with Gasteiger partial charge in [-0.25, -0.2) is 4.98 Å². The van der Waals surface area contributed by atoms with Crippen molar-refractivity contribution in [2.45, 2.75) is 20.0 Å². The van der Waals surface area contributed by atoms with E-state index in [1.807, 2.05) is 30.5 Å². The molecule has 1 aromatic heterocycles. The Bertz CT molecular complexity index is 551. The number of carbonyl (C=O) groups excluding carboxylic acids is 1. The first-order valence-electron chi connectivity index (χ1n) is 5.55. The summed E-state index contributed by atoms with van der Waals surface area (Å²) in [6, 6.07) is 7.28. The highest BCUT2D eigenvalue weighted by atomic mass is 32.1. The highest BCUT2D eigenvalue weighted by Gasteiger charge is 2.08. The summed E-state index contributed by atoms with van der Waals surface area (Å²) < 4.78 is 5.15. The first kappa shape index (κ1) is 12.6. The molecule has 0 bridgehead atoms. The molecule has 2 rings (SSSR count). The Balaban J connectivity index is 1.88. The summed E-state index contributed by atoms with van der Waals surface area (Å²) in [5.74, 6) is -0.291. The lowest BCUT2D eigenvalue weighted by atomic mass is 10.1. The highest BCUT2D eigenvalue weighted by Crippen LogP contribution is 2.13. The van der Waals surface area contributed by atoms with Crippen molar-refractivity contribution in [3.05, 3.63) is 45.9 Å². The van der Waals surface area contributed by atoms with Gasteiger partial charge in [0.25, 0.3) is 0 Å². The van der Waals surface area contributed by atoms with E-state index >= 15 is 0 Å². The van der Waals surface area contributed by atoms with Gasteiger partial charge >= 0.3 is 5.97 Å². The van der Waals surface area contributed by atoms with Crippen molar-refractivity contribution in [3.8, 4) is 0 Å². The van der Waals surface area contributed by atoms with Crippen LogP contribution in [0.2, 0.25) is 0 Å². The molecule has 0 amide bonds. The van der Waals surface area contributed by atoms with E-state index < -0.39 is 0 Å². The molecule has 0 saturated heterocycles. The highest BCUT2D eigenvalue weighted by molar-refractivity contribution is 7.09. The molecule has 0 unspecified atom stereocenters. The molecule has 0 saturated carbocycles. The molecule has 4 nitrogen and oxygen atoms in total. The van der Waals surface area contributed by atoms with E-state index in [-0.39, 0.29) is 19.0 Å². The second-order valence-corrected chi connectivity index (χ2v) is 4.86. The van der Waals surface area contributed by atoms with Gasteiger partial charge in [-0.3, -0.25) is 4.79 Å². The van der Waals surface area contributed by atoms with E-state index in [4.69, 9.17) is 10.5 Å². The van der Waals surface area contributed by atoms with Crippen molar-refractivity contribution in [3.63, 3.8) is 0 Å². The predicted molar refractivity (Wildman–Crippen MR) is 71.2 cm³/mol. The summed E-state index contributed by atoms with van der Waals surface area (Å²) in [6.07, 6.45) is 0.191. The number of nitrogens with zero attached hydrogens (tertiary/aromatic N) is 1. The van der Waals surface area contributed by atoms with Gasteiger partial charge in [-0.2, -0.15) is 0 Å². The topological polar surface area (TPSA) is 65.2 Å². The molecular weight excluding hydrogens is 248 g/mol. The van der Waals surface area contributed by atoms with Crippen molar-refractivity contribution in [2.75, 3.05) is 5.73 Å². The normalized spacial score (nSPS) is 10.3. The molecule has 94 valence electrons. The van der Waals surface area contributed by atoms with Gasteiger partial charge in [-0.15, -0.1) is 11.3 Å². The van der Waals surface area contributed by atoms with Crippen LogP contribution in [-0.2, 0) is 22.6 Å². The largest absolute Gasteiger partial charge is 0.458 e. The number of para-hydroxylation sites is 1. The van der Waals surface area contributed by atoms with Crippen molar-refractivity contribution in [2.24, 2.45) is 0 Å². The molecule has 5 heteroatoms. The summed E-state index contributed by atoms with van der Waals surface area (Å²) in [4.78, 5) is 15.9. The van der Waals surface area contributed by atoms with Crippen LogP contribution >= 0.6 is 11.3 Å². The van der Waals surface area contributed by atoms with Crippen LogP contribution in [0, 0.1) is 6.92 Å². The third kappa shape index (κ3) is 3.30. The van der Waals surface area contributed by atoms with Crippen LogP contribution in [0.4, 0.5) is 5.69 Å². The number of anilines is 1. The van der Waals surface area contributed by atoms with Crippen LogP contribution in [0.5, 0.6) is 0 Å². The van der Waals surface area contributed by atoms with Crippen LogP contribution in [0.1, 0.15) is 16.3 Å². The number of benzene rings is 1. The van der Waals surface area contributed by atoms with Crippen molar-refractivity contribution >= 4 is 23.0 Å². The minimum atomic E-state index is -0.291. The SMILES string of the molecule is Cc1csc(COC(=O)Cc2ccccc2N)n1. The van der Waals surface area contributed by atoms with Crippen LogP contribution in [0.3, 0.4) is 0 Å². The van der Waals surface area contributed by atoms with Crippen LogP contribution in [0.25, 0.3) is 0 Å². The molecule has 1 aromatic carbocycles. The molecule has 0 fully saturated rings. The van der Waals surface area contributed by atoms with Gasteiger partial charge in [0.15, 0.2) is 0 Å². The van der Waals surface area contributed by atoms with Crippen molar-refractivity contribution in [1.82, 2.24) is 4.98 Å². The Morgan fingerprint density at radius 2 is 2.22 bits per heavy atom. The van der Waals surface area contributed by atoms with Gasteiger partial charge in [-0.05, 0) is 18.6 Å². The lowest BCUT2D eigenvalue weighted by molar-refractivity contribution is -0.144. The van der Waals surface area contributed by atoms with Gasteiger partial charge in [0.2, 0.25) is 0 Å². The Kier molecular flexibility index (Phi) is 3.94. The summed E-state index contributed by atoms with van der Waals surface area (Å²) >= 11 is 1.49. The quantitative estimate of drug-likeness (QED) is 0.678. The molecule has 1 heterocycles. The molecule has 0 aliphatic rings. The Morgan fingerprint density at radius 1 is 1.44 bits per heavy atom. The molecule has 0 spiro atoms. The Morgan fingerprint density at radius 3 is 2.89 bits per heavy atom. The van der Waals surface area contributed by atoms with E-state index in [0.29, 0.717) is 5.69 Å². The third-order valence-electron chi connectivity index (χ3n) is 2.41. The van der Waals surface area contributed by atoms with Gasteiger partial charge in [-0.1, -0.05) is 18.2 Å². The molecular formula is C13H14N2O2S. The maximum absolute atomic E-state index is 11.6. The van der Waals surface area contributed by atoms with E-state index in [1.165, 1.54) is 11.3 Å². The lowest BCUT2D eigenvalue weighted by Crippen LogP contribution is -2.09. The van der Waals surface area contributed by atoms with E-state index in [0.717, 1.165) is 16.3 Å². The summed E-state index contributed by atoms with van der Waals surface area (Å²) in [5, 5.41) is 2.74. The van der Waals surface area contributed by atoms with Crippen LogP contribution in [0.15, 0.2) is 29.6 Å². The maximum atomic E-state index is 11.6. The number of hydrogen-bond acceptors (Lipinski definition) is 5. The number of thiazole rings is 1. The first-order valence-corrected chi connectivity index (χ1v) is 6.43. The number of rotatable bonds is 4. The second kappa shape index (κ2) is 5.64. The lowest BCUT2D eigenvalue weighted by Gasteiger charge is -2.05. The fraction of sp³-hybridized carbons (Fsp3) is 0.231. The molecule has 0 aliphatic heterocycles. The van der Waals surface area contributed by atoms with Gasteiger partial charge in [0, 0.05) is 16.8 Å². The summed E-state index contributed by atoms with van der Waals surface area (Å²) in [7, 11) is 0. The number of aromatic nitrogens is 1. The predicted octanol–water partition coefficient (Wildman–Crippen LogP) is 2.32. The Hall–Kier alpha value is -1.88. The number of nitrogens with two attached hydrogens (primary N) is 1. The molecule has 0 atom stereocenters. The zero-order valence-corrected chi connectivity index (χ0v) is 10.9. The van der Waals surface area contributed by atoms with Crippen molar-refractivity contribution < 1.29 is 9.53 Å². The number of hydrogen-bond donors (Lipinski definition) is 1. The van der Waals surface area contributed by atoms with Gasteiger partial charge in [0.1, 0.15) is 11.6 Å². The number of aryl methyl sites for hydroxylation is 1. The average molecular weight is 262 g/mol. The fourth-order valence-corrected chi connectivity index (χ4v) is 2.20. The maximum Gasteiger partial charge on any atom is 0.310 e. The molecule has 0 radical (unpaired) electrons. The zero-order valence-electron chi connectivity index (χ0n) is 10.1. The number of esters is 1. The molecule has 0 aliphatic carbocycles. The number of carbonyl (C=O) groups is 1. The monoisotopic (exact) mass is 262 g/mol. The number of ether oxygens (including phenoxy) is 1. The molecule has 18 heavy (non-hydrogen) atoms. The van der Waals surface area contributed by atoms with Gasteiger partial charge < -0.3 is 10.5 Å². The van der Waals surface area contributed by atoms with E-state index in [1.54, 1.807) is 6.07 Å². The van der Waals surface area contributed by atoms with Gasteiger partial charge in [0.05, 0.1) is 6.42 Å². The smallest absolute Gasteiger partial charge is 0.310 e. The van der Waals surface area contributed by atoms with Crippen LogP contribution in [-0.4, -0.2) is 11.0 Å². The molecule has 2 N–H and O–H groups in total. The Labute approximate surface area is 109 Å². The number of nitrogen functional groups attached to an aromatic ring is 1. The standard InChI is InChI=1S/C13H14N2O2S/c1-9-8-18-12(15-9)7-17-13(16)6-10-4-2-3-5-11(10)14/h2-5,8H,6-7,14H2,1H3. The first-order chi connectivity index (χ1) is 8.65. The summed E-state index contributed by atoms with van der Waals surface area (Å²) in [6.45, 7) is 2.14. The third-order valence-corrected chi connectivity index (χ3v) is 3.35. The minimum Gasteiger partial charge on any atom is -0.458 e. The molecule has 2 aromatic rings. The fourth-order valence-electron chi connectivity index (χ4n) is 1.51. The average Bonchev–Trinajstić information content (AvgIpc) is 2.76. The van der Waals surface area contributed by atoms with Crippen molar-refractivity contribution in [1.29, 1.82) is 0 Å². The van der Waals surface area contributed by atoms with Crippen LogP contribution < -0.4 is 5.73 Å². The zero-order chi connectivity index (χ0) is 13.0.